The summed E-state index contributed by atoms with van der Waals surface area (Å²) < 4.78 is 37.7. The summed E-state index contributed by atoms with van der Waals surface area (Å²) in [4.78, 5) is 6.61. The molecule has 0 saturated carbocycles. The minimum atomic E-state index is -4.37. The van der Waals surface area contributed by atoms with Gasteiger partial charge in [0.15, 0.2) is 0 Å². The van der Waals surface area contributed by atoms with Gasteiger partial charge in [0.2, 0.25) is 0 Å². The van der Waals surface area contributed by atoms with Crippen molar-refractivity contribution in [1.29, 1.82) is 0 Å². The van der Waals surface area contributed by atoms with Crippen LogP contribution in [0.15, 0.2) is 36.7 Å². The van der Waals surface area contributed by atoms with Crippen LogP contribution in [0.5, 0.6) is 0 Å². The molecule has 0 saturated heterocycles. The maximum absolute atomic E-state index is 12.6. The van der Waals surface area contributed by atoms with Crippen LogP contribution in [0.3, 0.4) is 0 Å². The van der Waals surface area contributed by atoms with E-state index in [9.17, 15) is 13.2 Å². The van der Waals surface area contributed by atoms with Gasteiger partial charge >= 0.3 is 6.18 Å². The van der Waals surface area contributed by atoms with Gasteiger partial charge in [-0.3, -0.25) is 0 Å². The second-order valence-corrected chi connectivity index (χ2v) is 3.75. The van der Waals surface area contributed by atoms with E-state index < -0.39 is 11.7 Å². The number of nitrogens with one attached hydrogen (secondary N) is 1. The molecule has 0 amide bonds. The summed E-state index contributed by atoms with van der Waals surface area (Å²) >= 11 is 0. The van der Waals surface area contributed by atoms with Crippen molar-refractivity contribution in [2.75, 3.05) is 0 Å². The van der Waals surface area contributed by atoms with Gasteiger partial charge in [0.25, 0.3) is 0 Å². The smallest absolute Gasteiger partial charge is 0.346 e. The van der Waals surface area contributed by atoms with Crippen LogP contribution in [0.2, 0.25) is 0 Å². The number of aromatic amines is 1. The lowest BCUT2D eigenvalue weighted by Gasteiger charge is -2.05. The van der Waals surface area contributed by atoms with Crippen LogP contribution in [0.25, 0.3) is 17.1 Å². The molecule has 0 aromatic carbocycles. The number of hydrogen-bond acceptors (Lipinski definition) is 1. The molecule has 0 atom stereocenters. The van der Waals surface area contributed by atoms with Crippen molar-refractivity contribution >= 4 is 17.1 Å². The number of H-pyrrole nitrogens is 1. The van der Waals surface area contributed by atoms with Gasteiger partial charge in [0, 0.05) is 23.3 Å². The van der Waals surface area contributed by atoms with E-state index >= 15 is 0 Å². The third-order valence-corrected chi connectivity index (χ3v) is 2.47. The molecule has 0 aliphatic rings. The Labute approximate surface area is 102 Å². The van der Waals surface area contributed by atoms with E-state index in [4.69, 9.17) is 0 Å². The number of aromatic nitrogens is 2. The summed E-state index contributed by atoms with van der Waals surface area (Å²) in [5, 5.41) is 0.463. The number of alkyl halides is 3. The zero-order valence-corrected chi connectivity index (χ0v) is 9.62. The molecule has 0 unspecified atom stereocenters. The summed E-state index contributed by atoms with van der Waals surface area (Å²) in [5.41, 5.74) is 0.389. The lowest BCUT2D eigenvalue weighted by molar-refractivity contribution is -0.137. The van der Waals surface area contributed by atoms with Gasteiger partial charge in [-0.15, -0.1) is 0 Å². The zero-order valence-electron chi connectivity index (χ0n) is 9.62. The van der Waals surface area contributed by atoms with Crippen LogP contribution < -0.4 is 0 Å². The largest absolute Gasteiger partial charge is 0.417 e. The number of pyridine rings is 1. The van der Waals surface area contributed by atoms with Crippen molar-refractivity contribution in [3.8, 4) is 0 Å². The van der Waals surface area contributed by atoms with Crippen LogP contribution in [0, 0.1) is 0 Å². The summed E-state index contributed by atoms with van der Waals surface area (Å²) in [7, 11) is 0. The molecule has 2 rings (SSSR count). The van der Waals surface area contributed by atoms with E-state index in [-0.39, 0.29) is 0 Å². The van der Waals surface area contributed by atoms with E-state index in [1.807, 2.05) is 13.0 Å². The Bertz CT molecular complexity index is 606. The number of rotatable bonds is 2. The lowest BCUT2D eigenvalue weighted by atomic mass is 10.1. The van der Waals surface area contributed by atoms with E-state index in [0.29, 0.717) is 16.6 Å². The molecule has 94 valence electrons. The molecule has 0 radical (unpaired) electrons. The summed E-state index contributed by atoms with van der Waals surface area (Å²) in [6, 6.07) is 1.11. The van der Waals surface area contributed by atoms with Crippen molar-refractivity contribution in [3.63, 3.8) is 0 Å². The number of halogens is 3. The molecule has 2 aromatic rings. The van der Waals surface area contributed by atoms with Crippen LogP contribution in [0.4, 0.5) is 13.2 Å². The summed E-state index contributed by atoms with van der Waals surface area (Å²) in [6.45, 7) is 1.86. The Morgan fingerprint density at radius 2 is 2.06 bits per heavy atom. The molecule has 2 heterocycles. The normalized spacial score (nSPS) is 13.1. The van der Waals surface area contributed by atoms with Crippen LogP contribution >= 0.6 is 0 Å². The average molecular weight is 252 g/mol. The second-order valence-electron chi connectivity index (χ2n) is 3.75. The second kappa shape index (κ2) is 4.68. The number of nitrogens with zero attached hydrogens (tertiary/aromatic N) is 1. The first kappa shape index (κ1) is 12.4. The van der Waals surface area contributed by atoms with Crippen LogP contribution in [-0.2, 0) is 6.18 Å². The van der Waals surface area contributed by atoms with Crippen molar-refractivity contribution in [2.45, 2.75) is 13.1 Å². The maximum atomic E-state index is 12.6. The van der Waals surface area contributed by atoms with Gasteiger partial charge in [-0.2, -0.15) is 13.2 Å². The number of hydrogen-bond donors (Lipinski definition) is 1. The fourth-order valence-corrected chi connectivity index (χ4v) is 1.59. The first-order valence-corrected chi connectivity index (χ1v) is 5.36. The number of allylic oxidation sites excluding steroid dienone is 3. The highest BCUT2D eigenvalue weighted by Gasteiger charge is 2.31. The molecule has 0 aliphatic heterocycles. The van der Waals surface area contributed by atoms with E-state index in [2.05, 4.69) is 9.97 Å². The Kier molecular flexibility index (Phi) is 3.23. The molecule has 1 N–H and O–H groups in total. The SMILES string of the molecule is CC=CC=Cc1c[nH]c2ncc(C(F)(F)F)cc12. The van der Waals surface area contributed by atoms with Gasteiger partial charge < -0.3 is 4.98 Å². The van der Waals surface area contributed by atoms with Gasteiger partial charge in [-0.25, -0.2) is 4.98 Å². The molecule has 0 aliphatic carbocycles. The molecule has 18 heavy (non-hydrogen) atoms. The standard InChI is InChI=1S/C13H11F3N2/c1-2-3-4-5-9-7-17-12-11(9)6-10(8-18-12)13(14,15)16/h2-8H,1H3,(H,17,18). The Morgan fingerprint density at radius 1 is 1.28 bits per heavy atom. The first-order chi connectivity index (χ1) is 8.52. The Balaban J connectivity index is 2.50. The van der Waals surface area contributed by atoms with E-state index in [0.717, 1.165) is 12.3 Å². The third kappa shape index (κ3) is 2.45. The number of fused-ring (bicyclic) bond motifs is 1. The maximum Gasteiger partial charge on any atom is 0.417 e. The van der Waals surface area contributed by atoms with Crippen molar-refractivity contribution < 1.29 is 13.2 Å². The van der Waals surface area contributed by atoms with Gasteiger partial charge in [-0.05, 0) is 13.0 Å². The zero-order chi connectivity index (χ0) is 13.2. The molecule has 2 aromatic heterocycles. The highest BCUT2D eigenvalue weighted by atomic mass is 19.4. The molecular formula is C13H11F3N2. The van der Waals surface area contributed by atoms with E-state index in [1.54, 1.807) is 24.4 Å². The van der Waals surface area contributed by atoms with Crippen molar-refractivity contribution in [3.05, 3.63) is 47.8 Å². The molecule has 0 spiro atoms. The quantitative estimate of drug-likeness (QED) is 0.798. The lowest BCUT2D eigenvalue weighted by Crippen LogP contribution is -2.05. The third-order valence-electron chi connectivity index (χ3n) is 2.47. The molecule has 5 heteroatoms. The molecular weight excluding hydrogens is 241 g/mol. The van der Waals surface area contributed by atoms with Crippen LogP contribution in [0.1, 0.15) is 18.1 Å². The molecule has 2 nitrogen and oxygen atoms in total. The minimum Gasteiger partial charge on any atom is -0.346 e. The average Bonchev–Trinajstić information content (AvgIpc) is 2.71. The first-order valence-electron chi connectivity index (χ1n) is 5.36. The fraction of sp³-hybridized carbons (Fsp3) is 0.154. The predicted molar refractivity (Wildman–Crippen MR) is 64.9 cm³/mol. The van der Waals surface area contributed by atoms with Gasteiger partial charge in [0.1, 0.15) is 5.65 Å². The van der Waals surface area contributed by atoms with Gasteiger partial charge in [-0.1, -0.05) is 24.3 Å². The summed E-state index contributed by atoms with van der Waals surface area (Å²) in [6.07, 6.45) is 5.24. The highest BCUT2D eigenvalue weighted by Crippen LogP contribution is 2.31. The van der Waals surface area contributed by atoms with Crippen molar-refractivity contribution in [1.82, 2.24) is 9.97 Å². The van der Waals surface area contributed by atoms with E-state index in [1.165, 1.54) is 0 Å². The summed E-state index contributed by atoms with van der Waals surface area (Å²) in [5.74, 6) is 0. The Hall–Kier alpha value is -2.04. The van der Waals surface area contributed by atoms with Crippen LogP contribution in [-0.4, -0.2) is 9.97 Å². The molecule has 0 fully saturated rings. The fourth-order valence-electron chi connectivity index (χ4n) is 1.59. The van der Waals surface area contributed by atoms with Gasteiger partial charge in [0.05, 0.1) is 5.56 Å². The van der Waals surface area contributed by atoms with Crippen molar-refractivity contribution in [2.24, 2.45) is 0 Å². The molecule has 0 bridgehead atoms. The highest BCUT2D eigenvalue weighted by molar-refractivity contribution is 5.86. The monoisotopic (exact) mass is 252 g/mol. The predicted octanol–water partition coefficient (Wildman–Crippen LogP) is 4.17. The Morgan fingerprint density at radius 3 is 2.72 bits per heavy atom. The topological polar surface area (TPSA) is 28.7 Å². The minimum absolute atomic E-state index is 0.447.